The van der Waals surface area contributed by atoms with Crippen LogP contribution >= 0.6 is 23.7 Å². The first-order valence-electron chi connectivity index (χ1n) is 4.06. The van der Waals surface area contributed by atoms with Gasteiger partial charge in [-0.2, -0.15) is 0 Å². The maximum absolute atomic E-state index is 10.8. The Hall–Kier alpha value is -0.950. The second-order valence-corrected chi connectivity index (χ2v) is 5.03. The molecule has 0 saturated carbocycles. The lowest BCUT2D eigenvalue weighted by Crippen LogP contribution is -2.08. The fraction of sp³-hybridized carbons (Fsp3) is 0.143. The van der Waals surface area contributed by atoms with Crippen molar-refractivity contribution in [3.63, 3.8) is 0 Å². The maximum atomic E-state index is 10.8. The van der Waals surface area contributed by atoms with Crippen molar-refractivity contribution in [3.8, 4) is 0 Å². The summed E-state index contributed by atoms with van der Waals surface area (Å²) in [7, 11) is -4.42. The van der Waals surface area contributed by atoms with E-state index in [1.54, 1.807) is 0 Å². The molecule has 4 N–H and O–H groups in total. The van der Waals surface area contributed by atoms with Crippen molar-refractivity contribution < 1.29 is 19.1 Å². The Morgan fingerprint density at radius 1 is 1.50 bits per heavy atom. The Balaban J connectivity index is 2.99. The van der Waals surface area contributed by atoms with Gasteiger partial charge in [0.05, 0.1) is 4.47 Å². The summed E-state index contributed by atoms with van der Waals surface area (Å²) in [6, 6.07) is 3.01. The van der Waals surface area contributed by atoms with E-state index in [4.69, 9.17) is 9.79 Å². The Morgan fingerprint density at radius 3 is 2.62 bits per heavy atom. The summed E-state index contributed by atoms with van der Waals surface area (Å²) in [5, 5.41) is 4.31. The molecule has 0 atom stereocenters. The molecule has 0 aliphatic carbocycles. The van der Waals surface area contributed by atoms with Crippen LogP contribution in [0, 0.1) is 0 Å². The number of hydrogen-bond donors (Lipinski definition) is 4. The van der Waals surface area contributed by atoms with Crippen LogP contribution in [0.25, 0.3) is 0 Å². The van der Waals surface area contributed by atoms with Crippen molar-refractivity contribution in [1.29, 1.82) is 0 Å². The van der Waals surface area contributed by atoms with E-state index in [0.29, 0.717) is 4.47 Å². The number of carbonyl (C=O) groups excluding carboxylic acids is 1. The largest absolute Gasteiger partial charge is 0.428 e. The summed E-state index contributed by atoms with van der Waals surface area (Å²) in [6.07, 6.45) is 0. The van der Waals surface area contributed by atoms with Crippen molar-refractivity contribution in [2.24, 2.45) is 0 Å². The van der Waals surface area contributed by atoms with Crippen LogP contribution in [0.2, 0.25) is 0 Å². The van der Waals surface area contributed by atoms with Gasteiger partial charge in [0.15, 0.2) is 5.82 Å². The lowest BCUT2D eigenvalue weighted by Gasteiger charge is -2.10. The molecule has 0 fully saturated rings. The Kier molecular flexibility index (Phi) is 4.03. The van der Waals surface area contributed by atoms with E-state index in [9.17, 15) is 9.36 Å². The summed E-state index contributed by atoms with van der Waals surface area (Å²) >= 11 is 3.07. The van der Waals surface area contributed by atoms with Crippen LogP contribution in [0.5, 0.6) is 0 Å². The van der Waals surface area contributed by atoms with Crippen molar-refractivity contribution >= 4 is 41.2 Å². The third-order valence-corrected chi connectivity index (χ3v) is 2.54. The molecule has 1 heterocycles. The molecular weight excluding hydrogens is 301 g/mol. The molecule has 9 heteroatoms. The number of amides is 1. The van der Waals surface area contributed by atoms with Crippen LogP contribution < -0.4 is 10.4 Å². The zero-order chi connectivity index (χ0) is 12.3. The average molecular weight is 310 g/mol. The van der Waals surface area contributed by atoms with Crippen LogP contribution in [-0.4, -0.2) is 20.7 Å². The molecule has 0 bridgehead atoms. The SMILES string of the molecule is CC(=O)Nc1ccc(Br)c(NP(=O)(O)O)n1. The van der Waals surface area contributed by atoms with E-state index < -0.39 is 7.75 Å². The monoisotopic (exact) mass is 309 g/mol. The normalized spacial score (nSPS) is 11.0. The predicted octanol–water partition coefficient (Wildman–Crippen LogP) is 1.31. The first-order chi connectivity index (χ1) is 7.28. The molecule has 0 spiro atoms. The highest BCUT2D eigenvalue weighted by molar-refractivity contribution is 9.10. The number of nitrogens with one attached hydrogen (secondary N) is 2. The average Bonchev–Trinajstić information content (AvgIpc) is 2.07. The van der Waals surface area contributed by atoms with Crippen molar-refractivity contribution in [2.45, 2.75) is 6.92 Å². The second-order valence-electron chi connectivity index (χ2n) is 2.86. The number of aromatic nitrogens is 1. The molecular formula is C7H9BrN3O4P. The Morgan fingerprint density at radius 2 is 2.12 bits per heavy atom. The van der Waals surface area contributed by atoms with E-state index in [-0.39, 0.29) is 17.5 Å². The van der Waals surface area contributed by atoms with E-state index in [1.807, 2.05) is 5.09 Å². The summed E-state index contributed by atoms with van der Waals surface area (Å²) in [5.74, 6) is -0.164. The van der Waals surface area contributed by atoms with Crippen LogP contribution in [0.15, 0.2) is 16.6 Å². The molecule has 0 radical (unpaired) electrons. The number of rotatable bonds is 3. The maximum Gasteiger partial charge on any atom is 0.428 e. The summed E-state index contributed by atoms with van der Waals surface area (Å²) in [6.45, 7) is 1.31. The molecule has 1 rings (SSSR count). The third kappa shape index (κ3) is 4.28. The fourth-order valence-electron chi connectivity index (χ4n) is 0.908. The molecule has 0 aliphatic heterocycles. The van der Waals surface area contributed by atoms with Gasteiger partial charge in [-0.3, -0.25) is 9.88 Å². The van der Waals surface area contributed by atoms with Crippen LogP contribution in [0.3, 0.4) is 0 Å². The van der Waals surface area contributed by atoms with Gasteiger partial charge in [0.1, 0.15) is 5.82 Å². The minimum atomic E-state index is -4.42. The molecule has 0 unspecified atom stereocenters. The molecule has 0 aromatic carbocycles. The van der Waals surface area contributed by atoms with Gasteiger partial charge in [0, 0.05) is 6.92 Å². The fourth-order valence-corrected chi connectivity index (χ4v) is 1.83. The standard InChI is InChI=1S/C7H9BrN3O4P/c1-4(12)9-6-3-2-5(8)7(10-6)11-16(13,14)15/h2-3H,1H3,(H4,9,10,11,12,13,14,15). The van der Waals surface area contributed by atoms with Gasteiger partial charge in [-0.15, -0.1) is 0 Å². The van der Waals surface area contributed by atoms with Crippen molar-refractivity contribution in [3.05, 3.63) is 16.6 Å². The summed E-state index contributed by atoms with van der Waals surface area (Å²) in [4.78, 5) is 32.0. The quantitative estimate of drug-likeness (QED) is 0.626. The molecule has 88 valence electrons. The number of carbonyl (C=O) groups is 1. The molecule has 1 aromatic rings. The molecule has 0 saturated heterocycles. The van der Waals surface area contributed by atoms with E-state index in [2.05, 4.69) is 26.2 Å². The first-order valence-corrected chi connectivity index (χ1v) is 6.46. The van der Waals surface area contributed by atoms with Gasteiger partial charge in [-0.05, 0) is 28.1 Å². The Bertz CT molecular complexity index is 461. The van der Waals surface area contributed by atoms with Gasteiger partial charge < -0.3 is 15.1 Å². The topological polar surface area (TPSA) is 112 Å². The van der Waals surface area contributed by atoms with Gasteiger partial charge >= 0.3 is 7.75 Å². The number of anilines is 2. The smallest absolute Gasteiger partial charge is 0.311 e. The van der Waals surface area contributed by atoms with Crippen LogP contribution in [0.4, 0.5) is 11.6 Å². The van der Waals surface area contributed by atoms with Crippen molar-refractivity contribution in [2.75, 3.05) is 10.4 Å². The zero-order valence-electron chi connectivity index (χ0n) is 8.14. The lowest BCUT2D eigenvalue weighted by atomic mass is 10.4. The molecule has 1 amide bonds. The zero-order valence-corrected chi connectivity index (χ0v) is 10.6. The van der Waals surface area contributed by atoms with Gasteiger partial charge in [0.2, 0.25) is 5.91 Å². The number of halogens is 1. The number of nitrogens with zero attached hydrogens (tertiary/aromatic N) is 1. The van der Waals surface area contributed by atoms with Crippen LogP contribution in [0.1, 0.15) is 6.92 Å². The number of pyridine rings is 1. The predicted molar refractivity (Wildman–Crippen MR) is 61.9 cm³/mol. The van der Waals surface area contributed by atoms with Crippen LogP contribution in [-0.2, 0) is 9.36 Å². The molecule has 0 aliphatic rings. The highest BCUT2D eigenvalue weighted by Gasteiger charge is 2.16. The van der Waals surface area contributed by atoms with Crippen molar-refractivity contribution in [1.82, 2.24) is 4.98 Å². The molecule has 7 nitrogen and oxygen atoms in total. The molecule has 1 aromatic heterocycles. The number of hydrogen-bond acceptors (Lipinski definition) is 3. The van der Waals surface area contributed by atoms with Gasteiger partial charge in [0.25, 0.3) is 0 Å². The van der Waals surface area contributed by atoms with E-state index >= 15 is 0 Å². The molecule has 16 heavy (non-hydrogen) atoms. The van der Waals surface area contributed by atoms with E-state index in [0.717, 1.165) is 0 Å². The minimum Gasteiger partial charge on any atom is -0.311 e. The van der Waals surface area contributed by atoms with E-state index in [1.165, 1.54) is 19.1 Å². The highest BCUT2D eigenvalue weighted by Crippen LogP contribution is 2.37. The van der Waals surface area contributed by atoms with Gasteiger partial charge in [-0.1, -0.05) is 0 Å². The second kappa shape index (κ2) is 4.92. The lowest BCUT2D eigenvalue weighted by molar-refractivity contribution is -0.114. The summed E-state index contributed by atoms with van der Waals surface area (Å²) < 4.78 is 11.1. The summed E-state index contributed by atoms with van der Waals surface area (Å²) in [5.41, 5.74) is 0. The first kappa shape index (κ1) is 13.1. The highest BCUT2D eigenvalue weighted by atomic mass is 79.9. The Labute approximate surface area is 99.6 Å². The minimum absolute atomic E-state index is 0.0421. The third-order valence-electron chi connectivity index (χ3n) is 1.40. The van der Waals surface area contributed by atoms with Gasteiger partial charge in [-0.25, -0.2) is 9.55 Å².